The highest BCUT2D eigenvalue weighted by molar-refractivity contribution is 5.76. The van der Waals surface area contributed by atoms with Crippen LogP contribution in [0.1, 0.15) is 69.3 Å². The van der Waals surface area contributed by atoms with Crippen molar-refractivity contribution < 1.29 is 9.21 Å². The zero-order chi connectivity index (χ0) is 13.9. The van der Waals surface area contributed by atoms with Crippen LogP contribution in [0.3, 0.4) is 0 Å². The summed E-state index contributed by atoms with van der Waals surface area (Å²) in [6.45, 7) is 2.25. The van der Waals surface area contributed by atoms with E-state index in [1.165, 1.54) is 25.7 Å². The van der Waals surface area contributed by atoms with Crippen molar-refractivity contribution in [2.75, 3.05) is 0 Å². The first-order valence-corrected chi connectivity index (χ1v) is 8.10. The van der Waals surface area contributed by atoms with Crippen molar-refractivity contribution in [3.63, 3.8) is 0 Å². The van der Waals surface area contributed by atoms with Gasteiger partial charge in [0.05, 0.1) is 0 Å². The number of furan rings is 1. The van der Waals surface area contributed by atoms with Gasteiger partial charge in [0.2, 0.25) is 5.91 Å². The number of amides is 1. The molecule has 2 saturated carbocycles. The normalized spacial score (nSPS) is 26.4. The highest BCUT2D eigenvalue weighted by Crippen LogP contribution is 2.47. The fourth-order valence-electron chi connectivity index (χ4n) is 3.23. The Labute approximate surface area is 121 Å². The molecule has 1 heterocycles. The van der Waals surface area contributed by atoms with Gasteiger partial charge in [0.15, 0.2) is 0 Å². The number of hydrogen-bond acceptors (Lipinski definition) is 2. The molecule has 3 heteroatoms. The minimum absolute atomic E-state index is 0.176. The summed E-state index contributed by atoms with van der Waals surface area (Å²) in [5, 5.41) is 3.16. The van der Waals surface area contributed by atoms with Crippen LogP contribution in [0.25, 0.3) is 0 Å². The molecule has 3 rings (SSSR count). The number of nitrogens with one attached hydrogen (secondary N) is 1. The molecule has 0 aliphatic heterocycles. The molecule has 110 valence electrons. The fraction of sp³-hybridized carbons (Fsp3) is 0.706. The molecular weight excluding hydrogens is 250 g/mol. The Morgan fingerprint density at radius 2 is 2.05 bits per heavy atom. The van der Waals surface area contributed by atoms with Crippen molar-refractivity contribution in [2.24, 2.45) is 5.92 Å². The van der Waals surface area contributed by atoms with E-state index >= 15 is 0 Å². The molecule has 3 nitrogen and oxygen atoms in total. The highest BCUT2D eigenvalue weighted by Gasteiger charge is 2.36. The predicted molar refractivity (Wildman–Crippen MR) is 78.6 cm³/mol. The quantitative estimate of drug-likeness (QED) is 0.888. The Balaban J connectivity index is 1.42. The van der Waals surface area contributed by atoms with Gasteiger partial charge in [0.25, 0.3) is 0 Å². The molecule has 2 fully saturated rings. The molecule has 0 radical (unpaired) electrons. The minimum Gasteiger partial charge on any atom is -0.466 e. The summed E-state index contributed by atoms with van der Waals surface area (Å²) in [6, 6.07) is 4.53. The van der Waals surface area contributed by atoms with E-state index in [1.54, 1.807) is 0 Å². The monoisotopic (exact) mass is 275 g/mol. The van der Waals surface area contributed by atoms with Gasteiger partial charge in [0, 0.05) is 24.8 Å². The highest BCUT2D eigenvalue weighted by atomic mass is 16.3. The lowest BCUT2D eigenvalue weighted by Gasteiger charge is -2.22. The summed E-state index contributed by atoms with van der Waals surface area (Å²) < 4.78 is 5.84. The number of carbonyl (C=O) groups is 1. The van der Waals surface area contributed by atoms with Gasteiger partial charge in [-0.25, -0.2) is 0 Å². The first-order chi connectivity index (χ1) is 9.72. The zero-order valence-electron chi connectivity index (χ0n) is 12.4. The average molecular weight is 275 g/mol. The zero-order valence-corrected chi connectivity index (χ0v) is 12.4. The molecule has 20 heavy (non-hydrogen) atoms. The van der Waals surface area contributed by atoms with Crippen molar-refractivity contribution in [3.8, 4) is 0 Å². The molecule has 1 aromatic heterocycles. The molecule has 0 spiro atoms. The molecule has 1 amide bonds. The van der Waals surface area contributed by atoms with Crippen LogP contribution in [0.5, 0.6) is 0 Å². The van der Waals surface area contributed by atoms with Gasteiger partial charge in [-0.2, -0.15) is 0 Å². The number of aryl methyl sites for hydroxylation is 1. The first kappa shape index (κ1) is 13.7. The molecule has 1 aromatic rings. The maximum Gasteiger partial charge on any atom is 0.220 e. The van der Waals surface area contributed by atoms with E-state index in [4.69, 9.17) is 4.42 Å². The van der Waals surface area contributed by atoms with Crippen LogP contribution >= 0.6 is 0 Å². The number of carbonyl (C=O) groups excluding carboxylic acids is 1. The molecule has 0 bridgehead atoms. The van der Waals surface area contributed by atoms with Gasteiger partial charge in [-0.05, 0) is 37.3 Å². The van der Waals surface area contributed by atoms with Crippen LogP contribution in [-0.4, -0.2) is 11.9 Å². The van der Waals surface area contributed by atoms with Crippen LogP contribution in [0.4, 0.5) is 0 Å². The van der Waals surface area contributed by atoms with E-state index < -0.39 is 0 Å². The summed E-state index contributed by atoms with van der Waals surface area (Å²) in [6.07, 6.45) is 8.64. The Morgan fingerprint density at radius 3 is 2.75 bits per heavy atom. The predicted octanol–water partition coefficient (Wildman–Crippen LogP) is 3.78. The third-order valence-corrected chi connectivity index (χ3v) is 4.73. The van der Waals surface area contributed by atoms with E-state index in [1.807, 2.05) is 6.07 Å². The van der Waals surface area contributed by atoms with Crippen LogP contribution in [-0.2, 0) is 11.2 Å². The van der Waals surface area contributed by atoms with Gasteiger partial charge in [-0.1, -0.05) is 26.2 Å². The van der Waals surface area contributed by atoms with E-state index in [-0.39, 0.29) is 5.91 Å². The van der Waals surface area contributed by atoms with Crippen molar-refractivity contribution in [1.82, 2.24) is 5.32 Å². The van der Waals surface area contributed by atoms with Crippen molar-refractivity contribution >= 4 is 5.91 Å². The summed E-state index contributed by atoms with van der Waals surface area (Å²) in [5.41, 5.74) is 0. The Bertz CT molecular complexity index is 459. The first-order valence-electron chi connectivity index (χ1n) is 8.10. The van der Waals surface area contributed by atoms with Crippen molar-refractivity contribution in [3.05, 3.63) is 23.7 Å². The average Bonchev–Trinajstić information content (AvgIpc) is 3.01. The SMILES string of the molecule is C[C@@H]1C[C@@H]1c1ccc(CCC(=O)NC2CCCCC2)o1. The van der Waals surface area contributed by atoms with Crippen molar-refractivity contribution in [1.29, 1.82) is 0 Å². The van der Waals surface area contributed by atoms with Crippen LogP contribution in [0.15, 0.2) is 16.5 Å². The lowest BCUT2D eigenvalue weighted by atomic mass is 9.95. The van der Waals surface area contributed by atoms with Crippen LogP contribution in [0, 0.1) is 5.92 Å². The summed E-state index contributed by atoms with van der Waals surface area (Å²) in [4.78, 5) is 11.9. The second-order valence-corrected chi connectivity index (χ2v) is 6.53. The van der Waals surface area contributed by atoms with E-state index in [9.17, 15) is 4.79 Å². The van der Waals surface area contributed by atoms with Crippen LogP contribution in [0.2, 0.25) is 0 Å². The third-order valence-electron chi connectivity index (χ3n) is 4.73. The molecule has 2 aliphatic carbocycles. The molecule has 0 aromatic carbocycles. The molecule has 0 unspecified atom stereocenters. The summed E-state index contributed by atoms with van der Waals surface area (Å²) in [7, 11) is 0. The second-order valence-electron chi connectivity index (χ2n) is 6.53. The number of rotatable bonds is 5. The molecule has 1 N–H and O–H groups in total. The van der Waals surface area contributed by atoms with Gasteiger partial charge in [0.1, 0.15) is 11.5 Å². The van der Waals surface area contributed by atoms with Gasteiger partial charge >= 0.3 is 0 Å². The molecular formula is C17H25NO2. The standard InChI is InChI=1S/C17H25NO2/c1-12-11-15(12)16-9-7-14(20-16)8-10-17(19)18-13-5-3-2-4-6-13/h7,9,12-13,15H,2-6,8,10-11H2,1H3,(H,18,19)/t12-,15+/m1/s1. The molecule has 2 atom stereocenters. The lowest BCUT2D eigenvalue weighted by molar-refractivity contribution is -0.122. The maximum atomic E-state index is 11.9. The summed E-state index contributed by atoms with van der Waals surface area (Å²) >= 11 is 0. The lowest BCUT2D eigenvalue weighted by Crippen LogP contribution is -2.36. The van der Waals surface area contributed by atoms with Crippen molar-refractivity contribution in [2.45, 2.75) is 70.3 Å². The molecule has 0 saturated heterocycles. The maximum absolute atomic E-state index is 11.9. The van der Waals surface area contributed by atoms with Gasteiger partial charge in [-0.15, -0.1) is 0 Å². The molecule has 2 aliphatic rings. The van der Waals surface area contributed by atoms with E-state index in [2.05, 4.69) is 18.3 Å². The van der Waals surface area contributed by atoms with E-state index in [0.29, 0.717) is 18.4 Å². The van der Waals surface area contributed by atoms with Gasteiger partial charge < -0.3 is 9.73 Å². The third kappa shape index (κ3) is 3.44. The second kappa shape index (κ2) is 6.02. The minimum atomic E-state index is 0.176. The number of hydrogen-bond donors (Lipinski definition) is 1. The topological polar surface area (TPSA) is 42.2 Å². The Hall–Kier alpha value is -1.25. The largest absolute Gasteiger partial charge is 0.466 e. The van der Waals surface area contributed by atoms with Gasteiger partial charge in [-0.3, -0.25) is 4.79 Å². The Kier molecular flexibility index (Phi) is 4.13. The fourth-order valence-corrected chi connectivity index (χ4v) is 3.23. The summed E-state index contributed by atoms with van der Waals surface area (Å²) in [5.74, 6) is 3.64. The van der Waals surface area contributed by atoms with E-state index in [0.717, 1.165) is 36.7 Å². The van der Waals surface area contributed by atoms with Crippen LogP contribution < -0.4 is 5.32 Å². The Morgan fingerprint density at radius 1 is 1.30 bits per heavy atom. The smallest absolute Gasteiger partial charge is 0.220 e.